The van der Waals surface area contributed by atoms with E-state index in [-0.39, 0.29) is 0 Å². The second-order valence-corrected chi connectivity index (χ2v) is 16.0. The SMILES string of the molecule is c1ccc(-c2nc3ccc4oc5cc(-c6ccc(N(c7ccc8c(c7)oc7ccccc78)c7ccc8c(c7)sc7ccccc78)cc6)ccc5c4c3s2)cc1. The first-order chi connectivity index (χ1) is 27.2. The minimum absolute atomic E-state index is 0.870. The highest BCUT2D eigenvalue weighted by Gasteiger charge is 2.19. The van der Waals surface area contributed by atoms with Crippen molar-refractivity contribution in [3.63, 3.8) is 0 Å². The molecule has 258 valence electrons. The molecular formula is C49H28N2O2S2. The van der Waals surface area contributed by atoms with Crippen molar-refractivity contribution in [2.24, 2.45) is 0 Å². The molecule has 12 rings (SSSR count). The highest BCUT2D eigenvalue weighted by molar-refractivity contribution is 7.25. The molecule has 0 saturated carbocycles. The number of rotatable bonds is 5. The predicted molar refractivity (Wildman–Crippen MR) is 233 cm³/mol. The van der Waals surface area contributed by atoms with E-state index in [0.29, 0.717) is 0 Å². The zero-order valence-electron chi connectivity index (χ0n) is 29.2. The number of fused-ring (bicyclic) bond motifs is 11. The van der Waals surface area contributed by atoms with Gasteiger partial charge in [0.15, 0.2) is 0 Å². The molecule has 0 aliphatic heterocycles. The fourth-order valence-corrected chi connectivity index (χ4v) is 10.3. The molecule has 4 aromatic heterocycles. The maximum atomic E-state index is 6.49. The summed E-state index contributed by atoms with van der Waals surface area (Å²) >= 11 is 3.56. The van der Waals surface area contributed by atoms with Gasteiger partial charge in [-0.25, -0.2) is 4.98 Å². The summed E-state index contributed by atoms with van der Waals surface area (Å²) in [5.41, 5.74) is 11.1. The van der Waals surface area contributed by atoms with Crippen molar-refractivity contribution >= 4 is 114 Å². The van der Waals surface area contributed by atoms with E-state index in [1.807, 2.05) is 35.6 Å². The maximum Gasteiger partial charge on any atom is 0.137 e. The van der Waals surface area contributed by atoms with E-state index in [1.54, 1.807) is 11.3 Å². The third-order valence-corrected chi connectivity index (χ3v) is 13.0. The lowest BCUT2D eigenvalue weighted by Crippen LogP contribution is -2.09. The maximum absolute atomic E-state index is 6.49. The molecule has 0 amide bonds. The molecule has 4 heterocycles. The highest BCUT2D eigenvalue weighted by Crippen LogP contribution is 2.44. The molecule has 55 heavy (non-hydrogen) atoms. The number of nitrogens with zero attached hydrogens (tertiary/aromatic N) is 2. The first kappa shape index (κ1) is 30.7. The predicted octanol–water partition coefficient (Wildman–Crippen LogP) is 15.3. The lowest BCUT2D eigenvalue weighted by Gasteiger charge is -2.26. The Labute approximate surface area is 322 Å². The molecular weight excluding hydrogens is 713 g/mol. The van der Waals surface area contributed by atoms with Gasteiger partial charge in [0.25, 0.3) is 0 Å². The average molecular weight is 741 g/mol. The molecule has 6 heteroatoms. The molecule has 0 N–H and O–H groups in total. The molecule has 0 aliphatic rings. The first-order valence-corrected chi connectivity index (χ1v) is 19.9. The number of thiazole rings is 1. The Morgan fingerprint density at radius 3 is 1.95 bits per heavy atom. The van der Waals surface area contributed by atoms with E-state index in [1.165, 1.54) is 20.2 Å². The van der Waals surface area contributed by atoms with Gasteiger partial charge in [0.1, 0.15) is 27.3 Å². The summed E-state index contributed by atoms with van der Waals surface area (Å²) in [5.74, 6) is 0. The number of anilines is 3. The van der Waals surface area contributed by atoms with Gasteiger partial charge in [0, 0.05) is 70.4 Å². The number of hydrogen-bond donors (Lipinski definition) is 0. The summed E-state index contributed by atoms with van der Waals surface area (Å²) in [4.78, 5) is 7.29. The van der Waals surface area contributed by atoms with E-state index < -0.39 is 0 Å². The summed E-state index contributed by atoms with van der Waals surface area (Å²) in [5, 5.41) is 8.06. The molecule has 0 aliphatic carbocycles. The van der Waals surface area contributed by atoms with Crippen molar-refractivity contribution in [2.75, 3.05) is 4.90 Å². The van der Waals surface area contributed by atoms with Crippen LogP contribution < -0.4 is 4.90 Å². The van der Waals surface area contributed by atoms with Crippen LogP contribution in [0.25, 0.3) is 96.0 Å². The average Bonchev–Trinajstić information content (AvgIpc) is 4.02. The largest absolute Gasteiger partial charge is 0.456 e. The summed E-state index contributed by atoms with van der Waals surface area (Å²) in [7, 11) is 0. The number of aromatic nitrogens is 1. The summed E-state index contributed by atoms with van der Waals surface area (Å²) in [6, 6.07) is 60.1. The van der Waals surface area contributed by atoms with Crippen LogP contribution >= 0.6 is 22.7 Å². The first-order valence-electron chi connectivity index (χ1n) is 18.3. The summed E-state index contributed by atoms with van der Waals surface area (Å²) in [6.07, 6.45) is 0. The molecule has 0 saturated heterocycles. The van der Waals surface area contributed by atoms with Crippen LogP contribution in [0.5, 0.6) is 0 Å². The smallest absolute Gasteiger partial charge is 0.137 e. The normalized spacial score (nSPS) is 12.0. The number of para-hydroxylation sites is 1. The Morgan fingerprint density at radius 1 is 0.400 bits per heavy atom. The van der Waals surface area contributed by atoms with Gasteiger partial charge in [-0.1, -0.05) is 91.0 Å². The van der Waals surface area contributed by atoms with Gasteiger partial charge in [-0.05, 0) is 83.9 Å². The van der Waals surface area contributed by atoms with Gasteiger partial charge in [-0.15, -0.1) is 22.7 Å². The van der Waals surface area contributed by atoms with Gasteiger partial charge >= 0.3 is 0 Å². The monoisotopic (exact) mass is 740 g/mol. The highest BCUT2D eigenvalue weighted by atomic mass is 32.1. The molecule has 0 fully saturated rings. The van der Waals surface area contributed by atoms with Crippen molar-refractivity contribution in [3.8, 4) is 21.7 Å². The van der Waals surface area contributed by atoms with E-state index in [9.17, 15) is 0 Å². The lowest BCUT2D eigenvalue weighted by atomic mass is 10.0. The van der Waals surface area contributed by atoms with Gasteiger partial charge in [0.05, 0.1) is 10.2 Å². The van der Waals surface area contributed by atoms with Crippen molar-refractivity contribution < 1.29 is 8.83 Å². The minimum atomic E-state index is 0.870. The van der Waals surface area contributed by atoms with Crippen LogP contribution in [-0.2, 0) is 0 Å². The molecule has 0 radical (unpaired) electrons. The fraction of sp³-hybridized carbons (Fsp3) is 0. The minimum Gasteiger partial charge on any atom is -0.456 e. The molecule has 8 aromatic carbocycles. The Bertz CT molecular complexity index is 3330. The Kier molecular flexibility index (Phi) is 6.64. The van der Waals surface area contributed by atoms with Gasteiger partial charge in [0.2, 0.25) is 0 Å². The van der Waals surface area contributed by atoms with Crippen molar-refractivity contribution in [1.29, 1.82) is 0 Å². The number of thiophene rings is 1. The van der Waals surface area contributed by atoms with E-state index in [2.05, 4.69) is 150 Å². The van der Waals surface area contributed by atoms with E-state index in [0.717, 1.165) is 92.9 Å². The van der Waals surface area contributed by atoms with Crippen LogP contribution in [0.4, 0.5) is 17.1 Å². The van der Waals surface area contributed by atoms with Crippen molar-refractivity contribution in [2.45, 2.75) is 0 Å². The van der Waals surface area contributed by atoms with Gasteiger partial charge in [-0.2, -0.15) is 0 Å². The number of benzene rings is 8. The molecule has 0 unspecified atom stereocenters. The molecule has 4 nitrogen and oxygen atoms in total. The van der Waals surface area contributed by atoms with Crippen LogP contribution in [0.3, 0.4) is 0 Å². The second kappa shape index (κ2) is 11.9. The van der Waals surface area contributed by atoms with E-state index >= 15 is 0 Å². The Morgan fingerprint density at radius 2 is 1.05 bits per heavy atom. The zero-order chi connectivity index (χ0) is 36.0. The topological polar surface area (TPSA) is 42.4 Å². The van der Waals surface area contributed by atoms with Crippen LogP contribution in [-0.4, -0.2) is 4.98 Å². The Balaban J connectivity index is 0.956. The quantitative estimate of drug-likeness (QED) is 0.176. The second-order valence-electron chi connectivity index (χ2n) is 13.9. The molecule has 0 bridgehead atoms. The Hall–Kier alpha value is -6.73. The van der Waals surface area contributed by atoms with Gasteiger partial charge in [-0.3, -0.25) is 0 Å². The van der Waals surface area contributed by atoms with Crippen molar-refractivity contribution in [3.05, 3.63) is 170 Å². The third kappa shape index (κ3) is 4.85. The fourth-order valence-electron chi connectivity index (χ4n) is 8.09. The third-order valence-electron chi connectivity index (χ3n) is 10.7. The summed E-state index contributed by atoms with van der Waals surface area (Å²) < 4.78 is 16.6. The standard InChI is InChI=1S/C49H28N2O2S2/c1-2-8-30(9-3-1)49-50-40-24-25-42-47(48(40)55-49)39-21-16-31(26-43(39)53-42)29-14-17-32(18-15-29)51(33-19-22-36-35-10-4-6-12-41(35)52-44(36)27-33)34-20-23-38-37-11-5-7-13-45(37)54-46(38)28-34/h1-28H. The molecule has 0 spiro atoms. The lowest BCUT2D eigenvalue weighted by molar-refractivity contribution is 0.669. The number of hydrogen-bond acceptors (Lipinski definition) is 6. The zero-order valence-corrected chi connectivity index (χ0v) is 30.8. The molecule has 12 aromatic rings. The van der Waals surface area contributed by atoms with Crippen LogP contribution in [0.1, 0.15) is 0 Å². The molecule has 0 atom stereocenters. The van der Waals surface area contributed by atoms with Crippen LogP contribution in [0.15, 0.2) is 179 Å². The summed E-state index contributed by atoms with van der Waals surface area (Å²) in [6.45, 7) is 0. The van der Waals surface area contributed by atoms with E-state index in [4.69, 9.17) is 13.8 Å². The number of furan rings is 2. The van der Waals surface area contributed by atoms with Gasteiger partial charge < -0.3 is 13.7 Å². The van der Waals surface area contributed by atoms with Crippen molar-refractivity contribution in [1.82, 2.24) is 4.98 Å². The van der Waals surface area contributed by atoms with Crippen LogP contribution in [0.2, 0.25) is 0 Å². The van der Waals surface area contributed by atoms with Crippen LogP contribution in [0, 0.1) is 0 Å².